The lowest BCUT2D eigenvalue weighted by molar-refractivity contribution is 0.482. The van der Waals surface area contributed by atoms with Crippen molar-refractivity contribution < 1.29 is 13.0 Å². The third kappa shape index (κ3) is 1.53. The van der Waals surface area contributed by atoms with E-state index >= 15 is 0 Å². The van der Waals surface area contributed by atoms with E-state index in [1.165, 1.54) is 0 Å². The second-order valence-corrected chi connectivity index (χ2v) is 4.18. The van der Waals surface area contributed by atoms with Crippen molar-refractivity contribution in [1.29, 1.82) is 0 Å². The Labute approximate surface area is 62.3 Å². The Morgan fingerprint density at radius 2 is 2.30 bits per heavy atom. The number of hydrogen-bond acceptors (Lipinski definition) is 4. The number of thiazole rings is 1. The zero-order valence-corrected chi connectivity index (χ0v) is 6.74. The standard InChI is InChI=1S/C4H5NO3S2/c1-3-2-9-4(5-3)10(6,7)8/h2H,1H3,(H,6,7,8). The molecule has 1 rings (SSSR count). The molecule has 6 heteroatoms. The molecular weight excluding hydrogens is 174 g/mol. The number of rotatable bonds is 1. The maximum atomic E-state index is 10.3. The summed E-state index contributed by atoms with van der Waals surface area (Å²) in [5.74, 6) is 0. The topological polar surface area (TPSA) is 67.3 Å². The monoisotopic (exact) mass is 179 g/mol. The Bertz CT molecular complexity index is 326. The quantitative estimate of drug-likeness (QED) is 0.644. The molecule has 56 valence electrons. The Morgan fingerprint density at radius 1 is 1.70 bits per heavy atom. The van der Waals surface area contributed by atoms with Gasteiger partial charge in [-0.1, -0.05) is 0 Å². The van der Waals surface area contributed by atoms with Gasteiger partial charge in [-0.25, -0.2) is 4.98 Å². The van der Waals surface area contributed by atoms with Gasteiger partial charge in [-0.15, -0.1) is 11.3 Å². The summed E-state index contributed by atoms with van der Waals surface area (Å²) in [5, 5.41) is 1.56. The third-order valence-electron chi connectivity index (χ3n) is 0.819. The largest absolute Gasteiger partial charge is 0.322 e. The van der Waals surface area contributed by atoms with Crippen LogP contribution in [0.1, 0.15) is 5.69 Å². The van der Waals surface area contributed by atoms with E-state index in [0.29, 0.717) is 5.69 Å². The lowest BCUT2D eigenvalue weighted by Gasteiger charge is -1.84. The molecule has 0 aliphatic heterocycles. The molecule has 1 aromatic rings. The Morgan fingerprint density at radius 3 is 2.50 bits per heavy atom. The van der Waals surface area contributed by atoms with Gasteiger partial charge in [0.1, 0.15) is 0 Å². The summed E-state index contributed by atoms with van der Waals surface area (Å²) < 4.78 is 28.9. The van der Waals surface area contributed by atoms with Gasteiger partial charge in [-0.05, 0) is 6.92 Å². The van der Waals surface area contributed by atoms with E-state index in [9.17, 15) is 8.42 Å². The first kappa shape index (κ1) is 7.64. The van der Waals surface area contributed by atoms with Crippen molar-refractivity contribution in [1.82, 2.24) is 4.98 Å². The first-order chi connectivity index (χ1) is 4.50. The summed E-state index contributed by atoms with van der Waals surface area (Å²) in [6.45, 7) is 1.66. The van der Waals surface area contributed by atoms with Crippen LogP contribution >= 0.6 is 11.3 Å². The van der Waals surface area contributed by atoms with E-state index in [0.717, 1.165) is 11.3 Å². The van der Waals surface area contributed by atoms with Crippen LogP contribution in [-0.4, -0.2) is 18.0 Å². The summed E-state index contributed by atoms with van der Waals surface area (Å²) in [4.78, 5) is 3.56. The van der Waals surface area contributed by atoms with Gasteiger partial charge in [0.15, 0.2) is 0 Å². The summed E-state index contributed by atoms with van der Waals surface area (Å²) in [5.41, 5.74) is 0.595. The van der Waals surface area contributed by atoms with Crippen LogP contribution < -0.4 is 0 Å². The highest BCUT2D eigenvalue weighted by atomic mass is 32.3. The van der Waals surface area contributed by atoms with Crippen LogP contribution in [0.3, 0.4) is 0 Å². The fourth-order valence-corrected chi connectivity index (χ4v) is 1.86. The van der Waals surface area contributed by atoms with Crippen LogP contribution in [0.4, 0.5) is 0 Å². The molecule has 1 heterocycles. The maximum absolute atomic E-state index is 10.3. The van der Waals surface area contributed by atoms with Crippen molar-refractivity contribution in [3.05, 3.63) is 11.1 Å². The number of aromatic nitrogens is 1. The molecule has 10 heavy (non-hydrogen) atoms. The highest BCUT2D eigenvalue weighted by molar-refractivity contribution is 7.87. The van der Waals surface area contributed by atoms with E-state index in [1.54, 1.807) is 12.3 Å². The van der Waals surface area contributed by atoms with Gasteiger partial charge < -0.3 is 0 Å². The van der Waals surface area contributed by atoms with Crippen molar-refractivity contribution in [2.24, 2.45) is 0 Å². The van der Waals surface area contributed by atoms with E-state index in [1.807, 2.05) is 0 Å². The van der Waals surface area contributed by atoms with E-state index in [-0.39, 0.29) is 4.34 Å². The molecule has 0 fully saturated rings. The smallest absolute Gasteiger partial charge is 0.280 e. The zero-order valence-electron chi connectivity index (χ0n) is 5.10. The minimum atomic E-state index is -4.07. The van der Waals surface area contributed by atoms with Crippen molar-refractivity contribution >= 4 is 21.5 Å². The van der Waals surface area contributed by atoms with Crippen molar-refractivity contribution in [3.8, 4) is 0 Å². The Hall–Kier alpha value is -0.460. The number of hydrogen-bond donors (Lipinski definition) is 1. The number of nitrogens with zero attached hydrogens (tertiary/aromatic N) is 1. The second-order valence-electron chi connectivity index (χ2n) is 1.73. The van der Waals surface area contributed by atoms with Crippen LogP contribution in [-0.2, 0) is 10.1 Å². The predicted molar refractivity (Wildman–Crippen MR) is 36.7 cm³/mol. The normalized spacial score (nSPS) is 11.8. The summed E-state index contributed by atoms with van der Waals surface area (Å²) >= 11 is 0.907. The van der Waals surface area contributed by atoms with Crippen LogP contribution in [0.15, 0.2) is 9.72 Å². The minimum Gasteiger partial charge on any atom is -0.280 e. The average molecular weight is 179 g/mol. The zero-order chi connectivity index (χ0) is 7.78. The molecule has 0 amide bonds. The first-order valence-electron chi connectivity index (χ1n) is 2.40. The van der Waals surface area contributed by atoms with Crippen LogP contribution in [0.5, 0.6) is 0 Å². The molecule has 0 aromatic carbocycles. The van der Waals surface area contributed by atoms with Crippen LogP contribution in [0.25, 0.3) is 0 Å². The molecule has 0 spiro atoms. The van der Waals surface area contributed by atoms with Gasteiger partial charge in [0.2, 0.25) is 4.34 Å². The Kier molecular flexibility index (Phi) is 1.76. The van der Waals surface area contributed by atoms with Crippen molar-refractivity contribution in [3.63, 3.8) is 0 Å². The molecule has 4 nitrogen and oxygen atoms in total. The molecule has 0 saturated heterocycles. The van der Waals surface area contributed by atoms with Gasteiger partial charge >= 0.3 is 10.1 Å². The van der Waals surface area contributed by atoms with Gasteiger partial charge in [0.05, 0.1) is 0 Å². The van der Waals surface area contributed by atoms with Gasteiger partial charge in [-0.2, -0.15) is 8.42 Å². The summed E-state index contributed by atoms with van der Waals surface area (Å²) in [6.07, 6.45) is 0. The van der Waals surface area contributed by atoms with Crippen molar-refractivity contribution in [2.75, 3.05) is 0 Å². The molecule has 1 aromatic heterocycles. The Balaban J connectivity index is 3.21. The first-order valence-corrected chi connectivity index (χ1v) is 4.72. The fourth-order valence-electron chi connectivity index (χ4n) is 0.451. The van der Waals surface area contributed by atoms with Gasteiger partial charge in [-0.3, -0.25) is 4.55 Å². The van der Waals surface area contributed by atoms with E-state index in [4.69, 9.17) is 4.55 Å². The highest BCUT2D eigenvalue weighted by Crippen LogP contribution is 2.13. The highest BCUT2D eigenvalue weighted by Gasteiger charge is 2.12. The molecule has 0 unspecified atom stereocenters. The molecule has 0 radical (unpaired) electrons. The molecule has 0 saturated carbocycles. The van der Waals surface area contributed by atoms with Gasteiger partial charge in [0.25, 0.3) is 0 Å². The third-order valence-corrected chi connectivity index (χ3v) is 3.02. The van der Waals surface area contributed by atoms with E-state index < -0.39 is 10.1 Å². The average Bonchev–Trinajstić information content (AvgIpc) is 2.11. The van der Waals surface area contributed by atoms with Gasteiger partial charge in [0, 0.05) is 11.1 Å². The minimum absolute atomic E-state index is 0.245. The molecule has 0 aliphatic rings. The summed E-state index contributed by atoms with van der Waals surface area (Å²) in [6, 6.07) is 0. The van der Waals surface area contributed by atoms with Crippen LogP contribution in [0, 0.1) is 6.92 Å². The molecular formula is C4H5NO3S2. The second kappa shape index (κ2) is 2.30. The maximum Gasteiger partial charge on any atom is 0.322 e. The fraction of sp³-hybridized carbons (Fsp3) is 0.250. The van der Waals surface area contributed by atoms with E-state index in [2.05, 4.69) is 4.98 Å². The predicted octanol–water partition coefficient (Wildman–Crippen LogP) is 0.698. The molecule has 0 bridgehead atoms. The molecule has 0 aliphatic carbocycles. The van der Waals surface area contributed by atoms with Crippen molar-refractivity contribution in [2.45, 2.75) is 11.3 Å². The van der Waals surface area contributed by atoms with Crippen LogP contribution in [0.2, 0.25) is 0 Å². The molecule has 0 atom stereocenters. The lowest BCUT2D eigenvalue weighted by atomic mass is 10.6. The lowest BCUT2D eigenvalue weighted by Crippen LogP contribution is -1.96. The summed E-state index contributed by atoms with van der Waals surface area (Å²) in [7, 11) is -4.07. The SMILES string of the molecule is Cc1csc(S(=O)(=O)O)n1. The molecule has 1 N–H and O–H groups in total. The number of aryl methyl sites for hydroxylation is 1.